The molecule has 1 N–H and O–H groups in total. The lowest BCUT2D eigenvalue weighted by atomic mass is 10.0. The van der Waals surface area contributed by atoms with E-state index in [1.807, 2.05) is 48.5 Å². The molecule has 0 radical (unpaired) electrons. The van der Waals surface area contributed by atoms with Gasteiger partial charge in [0.1, 0.15) is 5.82 Å². The van der Waals surface area contributed by atoms with Crippen molar-refractivity contribution in [1.82, 2.24) is 9.88 Å². The minimum absolute atomic E-state index is 0.194. The third-order valence-corrected chi connectivity index (χ3v) is 4.86. The molecule has 0 unspecified atom stereocenters. The van der Waals surface area contributed by atoms with Crippen molar-refractivity contribution in [3.05, 3.63) is 66.4 Å². The molecule has 0 amide bonds. The predicted octanol–water partition coefficient (Wildman–Crippen LogP) is 3.88. The highest BCUT2D eigenvalue weighted by molar-refractivity contribution is 6.00. The van der Waals surface area contributed by atoms with E-state index in [1.165, 1.54) is 0 Å². The highest BCUT2D eigenvalue weighted by Crippen LogP contribution is 2.23. The van der Waals surface area contributed by atoms with Crippen LogP contribution in [0.2, 0.25) is 0 Å². The van der Waals surface area contributed by atoms with Crippen molar-refractivity contribution in [3.8, 4) is 0 Å². The highest BCUT2D eigenvalue weighted by Gasteiger charge is 2.13. The van der Waals surface area contributed by atoms with Gasteiger partial charge in [0.25, 0.3) is 0 Å². The first-order valence-corrected chi connectivity index (χ1v) is 9.33. The number of fused-ring (bicyclic) bond motifs is 1. The normalized spacial score (nSPS) is 15.0. The number of benzene rings is 2. The maximum atomic E-state index is 12.6. The quantitative estimate of drug-likeness (QED) is 0.675. The second kappa shape index (κ2) is 8.29. The zero-order chi connectivity index (χ0) is 18.5. The zero-order valence-corrected chi connectivity index (χ0v) is 15.2. The van der Waals surface area contributed by atoms with Crippen molar-refractivity contribution in [2.24, 2.45) is 0 Å². The van der Waals surface area contributed by atoms with Crippen LogP contribution in [0.5, 0.6) is 0 Å². The average molecular weight is 361 g/mol. The standard InChI is InChI=1S/C22H23N3O2/c26-21(8-10-25-11-13-27-14-12-25)19-5-4-18-16-20(7-6-17(18)15-19)24-22-3-1-2-9-23-22/h1-7,9,15-16H,8,10-14H2,(H,23,24). The van der Waals surface area contributed by atoms with Gasteiger partial charge in [-0.2, -0.15) is 0 Å². The number of pyridine rings is 1. The predicted molar refractivity (Wildman–Crippen MR) is 108 cm³/mol. The third-order valence-electron chi connectivity index (χ3n) is 4.86. The summed E-state index contributed by atoms with van der Waals surface area (Å²) in [5.74, 6) is 1.01. The lowest BCUT2D eigenvalue weighted by Crippen LogP contribution is -2.37. The number of rotatable bonds is 6. The first-order valence-electron chi connectivity index (χ1n) is 9.33. The Morgan fingerprint density at radius 2 is 1.85 bits per heavy atom. The minimum Gasteiger partial charge on any atom is -0.379 e. The van der Waals surface area contributed by atoms with Gasteiger partial charge >= 0.3 is 0 Å². The summed E-state index contributed by atoms with van der Waals surface area (Å²) >= 11 is 0. The van der Waals surface area contributed by atoms with Gasteiger partial charge in [0, 0.05) is 43.5 Å². The zero-order valence-electron chi connectivity index (χ0n) is 15.2. The van der Waals surface area contributed by atoms with Crippen molar-refractivity contribution >= 4 is 28.1 Å². The number of ether oxygens (including phenoxy) is 1. The van der Waals surface area contributed by atoms with Crippen molar-refractivity contribution < 1.29 is 9.53 Å². The Bertz CT molecular complexity index is 921. The molecule has 2 heterocycles. The minimum atomic E-state index is 0.194. The van der Waals surface area contributed by atoms with Gasteiger partial charge < -0.3 is 10.1 Å². The molecule has 3 aromatic rings. The molecule has 1 aliphatic heterocycles. The largest absolute Gasteiger partial charge is 0.379 e. The second-order valence-corrected chi connectivity index (χ2v) is 6.74. The highest BCUT2D eigenvalue weighted by atomic mass is 16.5. The van der Waals surface area contributed by atoms with E-state index in [4.69, 9.17) is 4.74 Å². The third kappa shape index (κ3) is 4.51. The molecule has 1 saturated heterocycles. The van der Waals surface area contributed by atoms with E-state index in [-0.39, 0.29) is 5.78 Å². The van der Waals surface area contributed by atoms with Crippen LogP contribution in [-0.4, -0.2) is 48.5 Å². The molecule has 0 bridgehead atoms. The Hall–Kier alpha value is -2.76. The molecule has 138 valence electrons. The van der Waals surface area contributed by atoms with Crippen molar-refractivity contribution in [2.45, 2.75) is 6.42 Å². The summed E-state index contributed by atoms with van der Waals surface area (Å²) < 4.78 is 5.35. The van der Waals surface area contributed by atoms with E-state index < -0.39 is 0 Å². The number of Topliss-reactive ketones (excluding diaryl/α,β-unsaturated/α-hetero) is 1. The Morgan fingerprint density at radius 1 is 1.04 bits per heavy atom. The van der Waals surface area contributed by atoms with Crippen LogP contribution in [0.3, 0.4) is 0 Å². The van der Waals surface area contributed by atoms with Gasteiger partial charge in [-0.3, -0.25) is 9.69 Å². The number of carbonyl (C=O) groups excluding carboxylic acids is 1. The van der Waals surface area contributed by atoms with Gasteiger partial charge in [-0.15, -0.1) is 0 Å². The molecule has 0 aliphatic carbocycles. The molecule has 1 aromatic heterocycles. The number of hydrogen-bond donors (Lipinski definition) is 1. The summed E-state index contributed by atoms with van der Waals surface area (Å²) in [5.41, 5.74) is 1.76. The topological polar surface area (TPSA) is 54.5 Å². The second-order valence-electron chi connectivity index (χ2n) is 6.74. The molecule has 0 spiro atoms. The summed E-state index contributed by atoms with van der Waals surface area (Å²) in [6.45, 7) is 4.15. The van der Waals surface area contributed by atoms with Crippen LogP contribution in [0.1, 0.15) is 16.8 Å². The number of nitrogens with zero attached hydrogens (tertiary/aromatic N) is 2. The molecule has 27 heavy (non-hydrogen) atoms. The maximum Gasteiger partial charge on any atom is 0.164 e. The fourth-order valence-electron chi connectivity index (χ4n) is 3.31. The SMILES string of the molecule is O=C(CCN1CCOCC1)c1ccc2cc(Nc3ccccn3)ccc2c1. The number of anilines is 2. The van der Waals surface area contributed by atoms with Crippen LogP contribution in [0.25, 0.3) is 10.8 Å². The van der Waals surface area contributed by atoms with E-state index >= 15 is 0 Å². The number of hydrogen-bond acceptors (Lipinski definition) is 5. The number of nitrogens with one attached hydrogen (secondary N) is 1. The van der Waals surface area contributed by atoms with Crippen molar-refractivity contribution in [3.63, 3.8) is 0 Å². The molecule has 5 nitrogen and oxygen atoms in total. The molecule has 1 aliphatic rings. The molecule has 0 saturated carbocycles. The fourth-order valence-corrected chi connectivity index (χ4v) is 3.31. The van der Waals surface area contributed by atoms with E-state index in [2.05, 4.69) is 21.3 Å². The van der Waals surface area contributed by atoms with Crippen molar-refractivity contribution in [2.75, 3.05) is 38.2 Å². The summed E-state index contributed by atoms with van der Waals surface area (Å²) in [4.78, 5) is 19.1. The first kappa shape index (κ1) is 17.6. The van der Waals surface area contributed by atoms with Crippen LogP contribution in [0.4, 0.5) is 11.5 Å². The Kier molecular flexibility index (Phi) is 5.42. The summed E-state index contributed by atoms with van der Waals surface area (Å²) in [6, 6.07) is 17.8. The van der Waals surface area contributed by atoms with E-state index in [0.29, 0.717) is 6.42 Å². The molecule has 5 heteroatoms. The number of aromatic nitrogens is 1. The molecule has 0 atom stereocenters. The van der Waals surface area contributed by atoms with Crippen LogP contribution in [0, 0.1) is 0 Å². The molecular formula is C22H23N3O2. The lowest BCUT2D eigenvalue weighted by Gasteiger charge is -2.26. The van der Waals surface area contributed by atoms with E-state index in [9.17, 15) is 4.79 Å². The van der Waals surface area contributed by atoms with Gasteiger partial charge in [-0.1, -0.05) is 24.3 Å². The Balaban J connectivity index is 1.44. The number of ketones is 1. The first-order chi connectivity index (χ1) is 13.3. The van der Waals surface area contributed by atoms with Crippen LogP contribution in [0.15, 0.2) is 60.8 Å². The Labute approximate surface area is 159 Å². The Morgan fingerprint density at radius 3 is 2.67 bits per heavy atom. The maximum absolute atomic E-state index is 12.6. The molecular weight excluding hydrogens is 338 g/mol. The van der Waals surface area contributed by atoms with E-state index in [1.54, 1.807) is 6.20 Å². The van der Waals surface area contributed by atoms with Crippen LogP contribution in [-0.2, 0) is 4.74 Å². The van der Waals surface area contributed by atoms with Crippen LogP contribution < -0.4 is 5.32 Å². The van der Waals surface area contributed by atoms with Gasteiger partial charge in [-0.05, 0) is 41.1 Å². The lowest BCUT2D eigenvalue weighted by molar-refractivity contribution is 0.0370. The summed E-state index contributed by atoms with van der Waals surface area (Å²) in [5, 5.41) is 5.46. The number of carbonyl (C=O) groups is 1. The molecule has 4 rings (SSSR count). The fraction of sp³-hybridized carbons (Fsp3) is 0.273. The van der Waals surface area contributed by atoms with Gasteiger partial charge in [0.05, 0.1) is 13.2 Å². The van der Waals surface area contributed by atoms with Gasteiger partial charge in [0.15, 0.2) is 5.78 Å². The van der Waals surface area contributed by atoms with Gasteiger partial charge in [0.2, 0.25) is 0 Å². The summed E-state index contributed by atoms with van der Waals surface area (Å²) in [7, 11) is 0. The van der Waals surface area contributed by atoms with Gasteiger partial charge in [-0.25, -0.2) is 4.98 Å². The van der Waals surface area contributed by atoms with Crippen molar-refractivity contribution in [1.29, 1.82) is 0 Å². The molecule has 2 aromatic carbocycles. The monoisotopic (exact) mass is 361 g/mol. The number of morpholine rings is 1. The summed E-state index contributed by atoms with van der Waals surface area (Å²) in [6.07, 6.45) is 2.31. The molecule has 1 fully saturated rings. The average Bonchev–Trinajstić information content (AvgIpc) is 2.73. The smallest absolute Gasteiger partial charge is 0.164 e. The van der Waals surface area contributed by atoms with Crippen LogP contribution >= 0.6 is 0 Å². The van der Waals surface area contributed by atoms with E-state index in [0.717, 1.165) is 60.7 Å².